The molecule has 0 saturated heterocycles. The highest BCUT2D eigenvalue weighted by atomic mass is 19.2. The Hall–Kier alpha value is -3.14. The second kappa shape index (κ2) is 4.52. The number of benzene rings is 1. The van der Waals surface area contributed by atoms with Crippen LogP contribution in [0.2, 0.25) is 0 Å². The lowest BCUT2D eigenvalue weighted by Crippen LogP contribution is -2.49. The number of hydrazine groups is 1. The third kappa shape index (κ3) is 1.74. The molecular weight excluding hydrogens is 341 g/mol. The summed E-state index contributed by atoms with van der Waals surface area (Å²) >= 11 is 0. The molecule has 6 rings (SSSR count). The minimum Gasteiger partial charge on any atom is -0.382 e. The molecule has 4 heterocycles. The second-order valence-corrected chi connectivity index (χ2v) is 6.74. The number of aliphatic imine (C=N–C) groups is 1. The summed E-state index contributed by atoms with van der Waals surface area (Å²) in [5, 5.41) is 18.2. The van der Waals surface area contributed by atoms with Gasteiger partial charge >= 0.3 is 6.01 Å². The lowest BCUT2D eigenvalue weighted by molar-refractivity contribution is 0.104. The maximum atomic E-state index is 14.0. The first-order valence-electron chi connectivity index (χ1n) is 8.34. The summed E-state index contributed by atoms with van der Waals surface area (Å²) in [6.45, 7) is 0.361. The molecule has 1 saturated carbocycles. The van der Waals surface area contributed by atoms with E-state index in [9.17, 15) is 9.59 Å². The van der Waals surface area contributed by atoms with Gasteiger partial charge in [0.05, 0.1) is 11.9 Å². The van der Waals surface area contributed by atoms with Crippen molar-refractivity contribution in [3.05, 3.63) is 47.7 Å². The normalized spacial score (nSPS) is 22.1. The summed E-state index contributed by atoms with van der Waals surface area (Å²) < 4.78 is 19.4. The average Bonchev–Trinajstić information content (AvgIpc) is 3.05. The van der Waals surface area contributed by atoms with E-state index in [1.54, 1.807) is 10.0 Å². The fraction of sp³-hybridized carbons (Fsp3) is 0.312. The van der Waals surface area contributed by atoms with Crippen molar-refractivity contribution < 1.29 is 14.1 Å². The zero-order valence-electron chi connectivity index (χ0n) is 13.6. The average molecular weight is 355 g/mol. The van der Waals surface area contributed by atoms with Gasteiger partial charge in [0.1, 0.15) is 18.9 Å². The van der Waals surface area contributed by atoms with Crippen LogP contribution in [0.3, 0.4) is 0 Å². The molecule has 132 valence electrons. The van der Waals surface area contributed by atoms with Gasteiger partial charge in [-0.15, -0.1) is 0 Å². The highest BCUT2D eigenvalue weighted by Crippen LogP contribution is 2.45. The molecular formula is C16H14FN7O2. The number of fused-ring (bicyclic) bond motifs is 6. The molecule has 0 unspecified atom stereocenters. The van der Waals surface area contributed by atoms with Gasteiger partial charge in [0.25, 0.3) is 0 Å². The maximum absolute atomic E-state index is 14.0. The van der Waals surface area contributed by atoms with E-state index in [0.29, 0.717) is 29.6 Å². The van der Waals surface area contributed by atoms with Crippen LogP contribution >= 0.6 is 0 Å². The zero-order chi connectivity index (χ0) is 17.5. The first-order chi connectivity index (χ1) is 12.6. The molecule has 2 aromatic rings. The molecule has 1 aromatic heterocycles. The van der Waals surface area contributed by atoms with Crippen molar-refractivity contribution in [3.63, 3.8) is 0 Å². The lowest BCUT2D eigenvalue weighted by Gasteiger charge is -2.38. The van der Waals surface area contributed by atoms with Crippen LogP contribution in [-0.2, 0) is 5.60 Å². The Kier molecular flexibility index (Phi) is 2.45. The van der Waals surface area contributed by atoms with Gasteiger partial charge < -0.3 is 14.5 Å². The van der Waals surface area contributed by atoms with Gasteiger partial charge in [0.2, 0.25) is 5.82 Å². The number of para-hydroxylation sites is 1. The summed E-state index contributed by atoms with van der Waals surface area (Å²) in [6, 6.07) is 7.96. The van der Waals surface area contributed by atoms with Crippen molar-refractivity contribution in [1.82, 2.24) is 20.3 Å². The van der Waals surface area contributed by atoms with E-state index < -0.39 is 5.60 Å². The summed E-state index contributed by atoms with van der Waals surface area (Å²) in [7, 11) is 0. The van der Waals surface area contributed by atoms with E-state index in [1.807, 2.05) is 29.2 Å². The van der Waals surface area contributed by atoms with Gasteiger partial charge in [0, 0.05) is 5.56 Å². The second-order valence-electron chi connectivity index (χ2n) is 6.74. The molecule has 26 heavy (non-hydrogen) atoms. The Balaban J connectivity index is 1.45. The highest BCUT2D eigenvalue weighted by molar-refractivity contribution is 6.08. The summed E-state index contributed by atoms with van der Waals surface area (Å²) in [4.78, 5) is 10.8. The molecule has 0 radical (unpaired) electrons. The van der Waals surface area contributed by atoms with Gasteiger partial charge in [-0.25, -0.2) is 15.0 Å². The summed E-state index contributed by atoms with van der Waals surface area (Å²) in [6.07, 6.45) is 2.66. The summed E-state index contributed by atoms with van der Waals surface area (Å²) in [5.41, 5.74) is 0.825. The third-order valence-corrected chi connectivity index (χ3v) is 5.03. The first-order valence-corrected chi connectivity index (χ1v) is 8.34. The molecule has 0 atom stereocenters. The number of halogens is 1. The van der Waals surface area contributed by atoms with E-state index in [0.717, 1.165) is 11.3 Å². The SMILES string of the molecule is OC1(c2noc(N3CN=C4c5ccccc5N5CN(F)C=C5N43)n2)CC1. The van der Waals surface area contributed by atoms with Crippen LogP contribution in [0.5, 0.6) is 0 Å². The number of anilines is 2. The summed E-state index contributed by atoms with van der Waals surface area (Å²) in [5.74, 6) is 1.60. The third-order valence-electron chi connectivity index (χ3n) is 5.03. The predicted octanol–water partition coefficient (Wildman–Crippen LogP) is 1.27. The molecule has 0 spiro atoms. The minimum absolute atomic E-state index is 0.0960. The number of hydrogen-bond acceptors (Lipinski definition) is 9. The van der Waals surface area contributed by atoms with Gasteiger partial charge in [-0.3, -0.25) is 0 Å². The van der Waals surface area contributed by atoms with Crippen molar-refractivity contribution in [2.75, 3.05) is 23.2 Å². The predicted molar refractivity (Wildman–Crippen MR) is 88.0 cm³/mol. The topological polar surface area (TPSA) is 84.5 Å². The molecule has 9 nitrogen and oxygen atoms in total. The molecule has 1 fully saturated rings. The highest BCUT2D eigenvalue weighted by Gasteiger charge is 2.48. The van der Waals surface area contributed by atoms with Crippen molar-refractivity contribution >= 4 is 17.5 Å². The van der Waals surface area contributed by atoms with Crippen molar-refractivity contribution in [1.29, 1.82) is 0 Å². The van der Waals surface area contributed by atoms with Crippen molar-refractivity contribution in [2.24, 2.45) is 4.99 Å². The van der Waals surface area contributed by atoms with Gasteiger partial charge in [0.15, 0.2) is 11.7 Å². The van der Waals surface area contributed by atoms with Gasteiger partial charge in [-0.1, -0.05) is 21.8 Å². The quantitative estimate of drug-likeness (QED) is 0.807. The standard InChI is InChI=1S/C16H14FN7O2/c17-21-7-12-22(9-21)11-4-2-1-3-10(11)13-18-8-23(24(12)13)15-19-14(20-26-15)16(25)5-6-16/h1-4,7,25H,5-6,8-9H2. The Morgan fingerprint density at radius 1 is 1.23 bits per heavy atom. The molecule has 1 N–H and O–H groups in total. The maximum Gasteiger partial charge on any atom is 0.345 e. The molecule has 0 bridgehead atoms. The fourth-order valence-corrected chi connectivity index (χ4v) is 3.52. The van der Waals surface area contributed by atoms with Crippen LogP contribution in [-0.4, -0.2) is 44.6 Å². The minimum atomic E-state index is -0.978. The molecule has 10 heteroatoms. The lowest BCUT2D eigenvalue weighted by atomic mass is 10.1. The molecule has 0 amide bonds. The number of rotatable bonds is 2. The first kappa shape index (κ1) is 14.1. The molecule has 4 aliphatic rings. The van der Waals surface area contributed by atoms with Crippen molar-refractivity contribution in [2.45, 2.75) is 18.4 Å². The Morgan fingerprint density at radius 2 is 2.08 bits per heavy atom. The fourth-order valence-electron chi connectivity index (χ4n) is 3.52. The van der Waals surface area contributed by atoms with Gasteiger partial charge in [-0.05, 0) is 25.0 Å². The molecule has 1 aromatic carbocycles. The monoisotopic (exact) mass is 355 g/mol. The van der Waals surface area contributed by atoms with E-state index in [-0.39, 0.29) is 25.2 Å². The Labute approximate surface area is 147 Å². The van der Waals surface area contributed by atoms with Crippen LogP contribution in [0.1, 0.15) is 24.2 Å². The number of amidine groups is 1. The van der Waals surface area contributed by atoms with Crippen LogP contribution < -0.4 is 9.91 Å². The van der Waals surface area contributed by atoms with Crippen LogP contribution in [0, 0.1) is 0 Å². The van der Waals surface area contributed by atoms with Crippen molar-refractivity contribution in [3.8, 4) is 0 Å². The Morgan fingerprint density at radius 3 is 2.92 bits per heavy atom. The number of aromatic nitrogens is 2. The smallest absolute Gasteiger partial charge is 0.345 e. The van der Waals surface area contributed by atoms with E-state index in [1.165, 1.54) is 6.20 Å². The number of hydrogen-bond donors (Lipinski definition) is 1. The molecule has 3 aliphatic heterocycles. The van der Waals surface area contributed by atoms with Gasteiger partial charge in [-0.2, -0.15) is 10.1 Å². The van der Waals surface area contributed by atoms with E-state index in [2.05, 4.69) is 15.1 Å². The van der Waals surface area contributed by atoms with E-state index >= 15 is 0 Å². The Bertz CT molecular complexity index is 982. The largest absolute Gasteiger partial charge is 0.382 e. The van der Waals surface area contributed by atoms with Crippen LogP contribution in [0.25, 0.3) is 0 Å². The van der Waals surface area contributed by atoms with Crippen LogP contribution in [0.4, 0.5) is 16.2 Å². The number of aliphatic hydroxyl groups is 1. The van der Waals surface area contributed by atoms with Crippen LogP contribution in [0.15, 0.2) is 45.8 Å². The zero-order valence-corrected chi connectivity index (χ0v) is 13.6. The molecule has 1 aliphatic carbocycles. The number of nitrogens with zero attached hydrogens (tertiary/aromatic N) is 7. The van der Waals surface area contributed by atoms with E-state index in [4.69, 9.17) is 4.52 Å².